The van der Waals surface area contributed by atoms with Crippen LogP contribution in [0.2, 0.25) is 5.02 Å². The number of hydrogen-bond acceptors (Lipinski definition) is 4. The van der Waals surface area contributed by atoms with Gasteiger partial charge in [-0.2, -0.15) is 0 Å². The van der Waals surface area contributed by atoms with Crippen molar-refractivity contribution in [1.82, 2.24) is 29.2 Å². The number of likely N-dealkylation sites (tertiary alicyclic amines) is 1. The zero-order valence-electron chi connectivity index (χ0n) is 14.9. The summed E-state index contributed by atoms with van der Waals surface area (Å²) in [7, 11) is 2.07. The lowest BCUT2D eigenvalue weighted by molar-refractivity contribution is 0.195. The van der Waals surface area contributed by atoms with Crippen molar-refractivity contribution in [1.29, 1.82) is 0 Å². The van der Waals surface area contributed by atoms with Gasteiger partial charge in [0.15, 0.2) is 5.82 Å². The van der Waals surface area contributed by atoms with Gasteiger partial charge in [-0.15, -0.1) is 10.2 Å². The van der Waals surface area contributed by atoms with E-state index >= 15 is 0 Å². The summed E-state index contributed by atoms with van der Waals surface area (Å²) in [5.74, 6) is 2.47. The Morgan fingerprint density at radius 2 is 2.00 bits per heavy atom. The summed E-state index contributed by atoms with van der Waals surface area (Å²) in [6.45, 7) is 3.79. The molecule has 3 heterocycles. The molecule has 1 unspecified atom stereocenters. The van der Waals surface area contributed by atoms with Gasteiger partial charge in [-0.1, -0.05) is 23.7 Å². The number of benzene rings is 1. The second kappa shape index (κ2) is 7.60. The van der Waals surface area contributed by atoms with Crippen LogP contribution in [0, 0.1) is 0 Å². The summed E-state index contributed by atoms with van der Waals surface area (Å²) in [6.07, 6.45) is 7.88. The minimum atomic E-state index is 0.421. The average molecular weight is 371 g/mol. The molecule has 0 radical (unpaired) electrons. The summed E-state index contributed by atoms with van der Waals surface area (Å²) in [5, 5.41) is 9.71. The van der Waals surface area contributed by atoms with Crippen molar-refractivity contribution in [2.75, 3.05) is 13.1 Å². The number of piperidine rings is 1. The molecule has 26 heavy (non-hydrogen) atoms. The molecule has 0 spiro atoms. The lowest BCUT2D eigenvalue weighted by Crippen LogP contribution is -2.34. The molecule has 0 saturated carbocycles. The lowest BCUT2D eigenvalue weighted by atomic mass is 9.96. The summed E-state index contributed by atoms with van der Waals surface area (Å²) in [6, 6.07) is 8.14. The van der Waals surface area contributed by atoms with E-state index in [1.165, 1.54) is 12.0 Å². The molecular weight excluding hydrogens is 348 g/mol. The van der Waals surface area contributed by atoms with Crippen LogP contribution < -0.4 is 0 Å². The first-order valence-electron chi connectivity index (χ1n) is 9.00. The van der Waals surface area contributed by atoms with Gasteiger partial charge in [-0.05, 0) is 37.1 Å². The quantitative estimate of drug-likeness (QED) is 0.692. The SMILES string of the molecule is Cn1c(Cn2ccnc2)nnc1C1CCCN(Cc2ccc(Cl)cc2)C1. The van der Waals surface area contributed by atoms with Gasteiger partial charge >= 0.3 is 0 Å². The van der Waals surface area contributed by atoms with Crippen molar-refractivity contribution < 1.29 is 0 Å². The highest BCUT2D eigenvalue weighted by Gasteiger charge is 2.26. The van der Waals surface area contributed by atoms with Gasteiger partial charge in [0.1, 0.15) is 5.82 Å². The highest BCUT2D eigenvalue weighted by molar-refractivity contribution is 6.30. The van der Waals surface area contributed by atoms with Crippen LogP contribution in [0.15, 0.2) is 43.0 Å². The number of halogens is 1. The maximum atomic E-state index is 5.99. The maximum absolute atomic E-state index is 5.99. The van der Waals surface area contributed by atoms with Gasteiger partial charge in [-0.25, -0.2) is 4.98 Å². The molecule has 1 atom stereocenters. The Hall–Kier alpha value is -2.18. The molecule has 0 bridgehead atoms. The van der Waals surface area contributed by atoms with Crippen molar-refractivity contribution in [3.63, 3.8) is 0 Å². The monoisotopic (exact) mass is 370 g/mol. The minimum Gasteiger partial charge on any atom is -0.330 e. The molecule has 1 aromatic carbocycles. The van der Waals surface area contributed by atoms with Gasteiger partial charge in [0, 0.05) is 43.5 Å². The van der Waals surface area contributed by atoms with Gasteiger partial charge in [0.25, 0.3) is 0 Å². The lowest BCUT2D eigenvalue weighted by Gasteiger charge is -2.32. The first-order chi connectivity index (χ1) is 12.7. The molecule has 1 aliphatic rings. The van der Waals surface area contributed by atoms with Crippen LogP contribution in [0.5, 0.6) is 0 Å². The molecule has 1 saturated heterocycles. The van der Waals surface area contributed by atoms with Crippen molar-refractivity contribution in [3.05, 3.63) is 65.2 Å². The van der Waals surface area contributed by atoms with E-state index in [1.54, 1.807) is 6.20 Å². The second-order valence-electron chi connectivity index (χ2n) is 6.97. The second-order valence-corrected chi connectivity index (χ2v) is 7.41. The van der Waals surface area contributed by atoms with E-state index in [4.69, 9.17) is 11.6 Å². The van der Waals surface area contributed by atoms with Crippen LogP contribution in [0.3, 0.4) is 0 Å². The Bertz CT molecular complexity index is 840. The van der Waals surface area contributed by atoms with Crippen LogP contribution in [0.1, 0.15) is 36.0 Å². The molecule has 0 N–H and O–H groups in total. The van der Waals surface area contributed by atoms with Crippen LogP contribution in [-0.2, 0) is 20.1 Å². The van der Waals surface area contributed by atoms with Crippen LogP contribution in [0.4, 0.5) is 0 Å². The fourth-order valence-electron chi connectivity index (χ4n) is 3.67. The maximum Gasteiger partial charge on any atom is 0.152 e. The van der Waals surface area contributed by atoms with E-state index in [9.17, 15) is 0 Å². The molecule has 1 fully saturated rings. The molecule has 136 valence electrons. The largest absolute Gasteiger partial charge is 0.330 e. The number of nitrogens with zero attached hydrogens (tertiary/aromatic N) is 6. The van der Waals surface area contributed by atoms with Gasteiger partial charge < -0.3 is 9.13 Å². The van der Waals surface area contributed by atoms with Crippen molar-refractivity contribution >= 4 is 11.6 Å². The standard InChI is InChI=1S/C19H23ClN6/c1-24-18(13-26-10-8-21-14-26)22-23-19(24)16-3-2-9-25(12-16)11-15-4-6-17(20)7-5-15/h4-8,10,14,16H,2-3,9,11-13H2,1H3. The van der Waals surface area contributed by atoms with Crippen LogP contribution in [-0.4, -0.2) is 42.3 Å². The molecule has 7 heteroatoms. The Balaban J connectivity index is 1.44. The fourth-order valence-corrected chi connectivity index (χ4v) is 3.80. The Morgan fingerprint density at radius 1 is 1.15 bits per heavy atom. The Labute approximate surface area is 158 Å². The van der Waals surface area contributed by atoms with Crippen molar-refractivity contribution in [2.45, 2.75) is 31.8 Å². The smallest absolute Gasteiger partial charge is 0.152 e. The first kappa shape index (κ1) is 17.2. The van der Waals surface area contributed by atoms with Crippen molar-refractivity contribution in [3.8, 4) is 0 Å². The number of aromatic nitrogens is 5. The average Bonchev–Trinajstić information content (AvgIpc) is 3.28. The van der Waals surface area contributed by atoms with Gasteiger partial charge in [-0.3, -0.25) is 4.90 Å². The minimum absolute atomic E-state index is 0.421. The summed E-state index contributed by atoms with van der Waals surface area (Å²) in [4.78, 5) is 6.59. The Kier molecular flexibility index (Phi) is 5.04. The van der Waals surface area contributed by atoms with E-state index in [0.29, 0.717) is 12.5 Å². The van der Waals surface area contributed by atoms with Gasteiger partial charge in [0.2, 0.25) is 0 Å². The highest BCUT2D eigenvalue weighted by Crippen LogP contribution is 2.27. The third-order valence-electron chi connectivity index (χ3n) is 5.07. The van der Waals surface area contributed by atoms with E-state index in [2.05, 4.69) is 43.8 Å². The molecular formula is C19H23ClN6. The van der Waals surface area contributed by atoms with Crippen LogP contribution in [0.25, 0.3) is 0 Å². The molecule has 1 aliphatic heterocycles. The summed E-state index contributed by atoms with van der Waals surface area (Å²) >= 11 is 5.99. The molecule has 6 nitrogen and oxygen atoms in total. The zero-order chi connectivity index (χ0) is 17.9. The molecule has 0 aliphatic carbocycles. The predicted octanol–water partition coefficient (Wildman–Crippen LogP) is 3.09. The van der Waals surface area contributed by atoms with E-state index < -0.39 is 0 Å². The van der Waals surface area contributed by atoms with E-state index in [-0.39, 0.29) is 0 Å². The molecule has 4 rings (SSSR count). The van der Waals surface area contributed by atoms with E-state index in [0.717, 1.165) is 42.7 Å². The third-order valence-corrected chi connectivity index (χ3v) is 5.32. The number of rotatable bonds is 5. The highest BCUT2D eigenvalue weighted by atomic mass is 35.5. The fraction of sp³-hybridized carbons (Fsp3) is 0.421. The predicted molar refractivity (Wildman–Crippen MR) is 101 cm³/mol. The zero-order valence-corrected chi connectivity index (χ0v) is 15.7. The Morgan fingerprint density at radius 3 is 2.77 bits per heavy atom. The molecule has 3 aromatic rings. The summed E-state index contributed by atoms with van der Waals surface area (Å²) in [5.41, 5.74) is 1.30. The third kappa shape index (κ3) is 3.81. The first-order valence-corrected chi connectivity index (χ1v) is 9.37. The number of hydrogen-bond donors (Lipinski definition) is 0. The molecule has 0 amide bonds. The van der Waals surface area contributed by atoms with Crippen molar-refractivity contribution in [2.24, 2.45) is 7.05 Å². The number of imidazole rings is 1. The van der Waals surface area contributed by atoms with Crippen LogP contribution >= 0.6 is 11.6 Å². The van der Waals surface area contributed by atoms with Gasteiger partial charge in [0.05, 0.1) is 12.9 Å². The summed E-state index contributed by atoms with van der Waals surface area (Å²) < 4.78 is 4.16. The van der Waals surface area contributed by atoms with E-state index in [1.807, 2.05) is 29.2 Å². The normalized spacial score (nSPS) is 18.3. The topological polar surface area (TPSA) is 51.8 Å². The molecule has 2 aromatic heterocycles.